The molecule has 2 heterocycles. The van der Waals surface area contributed by atoms with Crippen LogP contribution in [0.25, 0.3) is 11.8 Å². The first-order chi connectivity index (χ1) is 21.2. The van der Waals surface area contributed by atoms with E-state index in [9.17, 15) is 19.6 Å². The van der Waals surface area contributed by atoms with Gasteiger partial charge in [-0.15, -0.1) is 17.8 Å². The van der Waals surface area contributed by atoms with Crippen LogP contribution in [0.2, 0.25) is 0 Å². The first-order valence-corrected chi connectivity index (χ1v) is 15.2. The van der Waals surface area contributed by atoms with E-state index >= 15 is 0 Å². The molecule has 1 fully saturated rings. The third kappa shape index (κ3) is 7.20. The number of piperazine rings is 1. The lowest BCUT2D eigenvalue weighted by molar-refractivity contribution is -0.119. The number of hydrogen-bond donors (Lipinski definition) is 2. The number of carbonyl (C=O) groups is 2. The number of aromatic nitrogens is 1. The summed E-state index contributed by atoms with van der Waals surface area (Å²) in [5.74, 6) is 1.66. The fourth-order valence-corrected chi connectivity index (χ4v) is 6.32. The molecule has 1 aromatic heterocycles. The Hall–Kier alpha value is -4.84. The van der Waals surface area contributed by atoms with Crippen molar-refractivity contribution in [1.82, 2.24) is 14.8 Å². The average Bonchev–Trinajstić information content (AvgIpc) is 3.34. The minimum atomic E-state index is -0.628. The Bertz CT molecular complexity index is 1780. The molecule has 228 valence electrons. The number of aryl methyl sites for hydroxylation is 2. The molecule has 1 saturated heterocycles. The molecule has 0 saturated carbocycles. The Morgan fingerprint density at radius 3 is 2.43 bits per heavy atom. The van der Waals surface area contributed by atoms with E-state index in [1.165, 1.54) is 21.4 Å². The third-order valence-electron chi connectivity index (χ3n) is 7.59. The number of nitriles is 1. The summed E-state index contributed by atoms with van der Waals surface area (Å²) in [4.78, 5) is 44.9. The van der Waals surface area contributed by atoms with Gasteiger partial charge in [0.05, 0.1) is 13.1 Å². The number of thiazole rings is 1. The minimum Gasteiger partial charge on any atom is -0.369 e. The van der Waals surface area contributed by atoms with Crippen molar-refractivity contribution in [2.75, 3.05) is 61.4 Å². The van der Waals surface area contributed by atoms with Gasteiger partial charge in [-0.25, -0.2) is 0 Å². The molecule has 0 bridgehead atoms. The molecule has 2 amide bonds. The first kappa shape index (κ1) is 32.1. The van der Waals surface area contributed by atoms with Gasteiger partial charge in [-0.3, -0.25) is 23.9 Å². The highest BCUT2D eigenvalue weighted by Crippen LogP contribution is 2.26. The van der Waals surface area contributed by atoms with Gasteiger partial charge in [-0.1, -0.05) is 30.2 Å². The predicted octanol–water partition coefficient (Wildman–Crippen LogP) is 1.61. The topological polar surface area (TPSA) is 114 Å². The van der Waals surface area contributed by atoms with Crippen LogP contribution in [0.1, 0.15) is 18.1 Å². The Labute approximate surface area is 261 Å². The van der Waals surface area contributed by atoms with E-state index in [4.69, 9.17) is 6.42 Å². The smallest absolute Gasteiger partial charge is 0.270 e. The van der Waals surface area contributed by atoms with Gasteiger partial charge in [0.15, 0.2) is 5.57 Å². The summed E-state index contributed by atoms with van der Waals surface area (Å²) >= 11 is 1.05. The van der Waals surface area contributed by atoms with E-state index in [-0.39, 0.29) is 34.8 Å². The molecule has 1 aliphatic heterocycles. The molecular formula is C33H37N7O3S. The van der Waals surface area contributed by atoms with Crippen LogP contribution in [0.5, 0.6) is 0 Å². The summed E-state index contributed by atoms with van der Waals surface area (Å²) in [5.41, 5.74) is 4.73. The molecule has 1 aliphatic rings. The lowest BCUT2D eigenvalue weighted by atomic mass is 10.1. The van der Waals surface area contributed by atoms with E-state index < -0.39 is 5.91 Å². The van der Waals surface area contributed by atoms with Crippen molar-refractivity contribution in [3.63, 3.8) is 0 Å². The largest absolute Gasteiger partial charge is 0.369 e. The number of para-hydroxylation sites is 1. The van der Waals surface area contributed by atoms with Crippen molar-refractivity contribution in [3.8, 4) is 18.4 Å². The summed E-state index contributed by atoms with van der Waals surface area (Å²) in [6.07, 6.45) is 6.76. The Morgan fingerprint density at radius 2 is 1.80 bits per heavy atom. The van der Waals surface area contributed by atoms with Crippen molar-refractivity contribution >= 4 is 52.0 Å². The zero-order chi connectivity index (χ0) is 31.8. The number of amides is 2. The maximum atomic E-state index is 13.2. The van der Waals surface area contributed by atoms with Gasteiger partial charge >= 0.3 is 0 Å². The van der Waals surface area contributed by atoms with E-state index in [1.54, 1.807) is 25.1 Å². The van der Waals surface area contributed by atoms with E-state index in [1.807, 2.05) is 30.3 Å². The van der Waals surface area contributed by atoms with Gasteiger partial charge < -0.3 is 20.4 Å². The van der Waals surface area contributed by atoms with Crippen LogP contribution >= 0.6 is 11.3 Å². The quantitative estimate of drug-likeness (QED) is 0.354. The maximum absolute atomic E-state index is 13.2. The molecule has 4 rings (SSSR count). The number of nitrogens with one attached hydrogen (secondary N) is 2. The van der Waals surface area contributed by atoms with Gasteiger partial charge in [0, 0.05) is 63.0 Å². The van der Waals surface area contributed by atoms with Gasteiger partial charge in [-0.05, 0) is 50.1 Å². The molecule has 2 aromatic carbocycles. The van der Waals surface area contributed by atoms with Gasteiger partial charge in [0.25, 0.3) is 11.5 Å². The van der Waals surface area contributed by atoms with Crippen molar-refractivity contribution in [1.29, 1.82) is 5.26 Å². The zero-order valence-corrected chi connectivity index (χ0v) is 26.3. The van der Waals surface area contributed by atoms with Crippen LogP contribution in [-0.4, -0.2) is 67.6 Å². The van der Waals surface area contributed by atoms with Gasteiger partial charge in [0.1, 0.15) is 15.3 Å². The molecule has 3 aromatic rings. The fraction of sp³-hybridized carbons (Fsp3) is 0.333. The summed E-state index contributed by atoms with van der Waals surface area (Å²) in [7, 11) is 1.76. The molecule has 0 radical (unpaired) electrons. The Morgan fingerprint density at radius 1 is 1.11 bits per heavy atom. The number of anilines is 3. The summed E-state index contributed by atoms with van der Waals surface area (Å²) in [6.45, 7) is 9.97. The first-order valence-electron chi connectivity index (χ1n) is 14.4. The number of rotatable bonds is 9. The molecular weight excluding hydrogens is 574 g/mol. The molecule has 44 heavy (non-hydrogen) atoms. The summed E-state index contributed by atoms with van der Waals surface area (Å²) < 4.78 is 1.97. The standard InChI is InChI=1S/C33H37N7O3S/c1-6-14-35-31(42)27(20-34)33-40(7-2)32(43)28(44-33)21-36-25-12-9-13-26(19-25)37(5)29(41)22-38-15-17-39(18-16-38)30-23(3)10-8-11-24(30)4/h1,8-13,19,21,36H,7,14-18,22H2,2-5H3,(H,35,42)/b28-21+,33-27-. The molecule has 10 nitrogen and oxygen atoms in total. The van der Waals surface area contributed by atoms with Gasteiger partial charge in [0.2, 0.25) is 5.91 Å². The lowest BCUT2D eigenvalue weighted by Gasteiger charge is -2.37. The normalized spacial score (nSPS) is 14.4. The van der Waals surface area contributed by atoms with Crippen molar-refractivity contribution in [2.45, 2.75) is 27.3 Å². The van der Waals surface area contributed by atoms with E-state index in [0.29, 0.717) is 22.5 Å². The van der Waals surface area contributed by atoms with E-state index in [0.717, 1.165) is 37.5 Å². The molecule has 0 aliphatic carbocycles. The molecule has 2 N–H and O–H groups in total. The Kier molecular flexibility index (Phi) is 10.6. The van der Waals surface area contributed by atoms with Crippen LogP contribution in [0.15, 0.2) is 47.3 Å². The van der Waals surface area contributed by atoms with Crippen LogP contribution in [0.3, 0.4) is 0 Å². The minimum absolute atomic E-state index is 0.0111. The van der Waals surface area contributed by atoms with Crippen LogP contribution in [0.4, 0.5) is 17.1 Å². The molecule has 0 atom stereocenters. The maximum Gasteiger partial charge on any atom is 0.270 e. The molecule has 0 spiro atoms. The second-order valence-electron chi connectivity index (χ2n) is 10.5. The number of carbonyl (C=O) groups excluding carboxylic acids is 2. The van der Waals surface area contributed by atoms with Gasteiger partial charge in [-0.2, -0.15) is 5.26 Å². The highest BCUT2D eigenvalue weighted by atomic mass is 32.1. The fourth-order valence-electron chi connectivity index (χ4n) is 5.24. The average molecular weight is 612 g/mol. The third-order valence-corrected chi connectivity index (χ3v) is 8.72. The highest BCUT2D eigenvalue weighted by Gasteiger charge is 2.23. The zero-order valence-electron chi connectivity index (χ0n) is 25.5. The monoisotopic (exact) mass is 611 g/mol. The van der Waals surface area contributed by atoms with Crippen LogP contribution in [-0.2, 0) is 16.1 Å². The highest BCUT2D eigenvalue weighted by molar-refractivity contribution is 7.07. The van der Waals surface area contributed by atoms with Crippen LogP contribution < -0.4 is 35.2 Å². The van der Waals surface area contributed by atoms with E-state index in [2.05, 4.69) is 58.4 Å². The predicted molar refractivity (Wildman–Crippen MR) is 177 cm³/mol. The van der Waals surface area contributed by atoms with Crippen molar-refractivity contribution in [2.24, 2.45) is 0 Å². The number of likely N-dealkylation sites (N-methyl/N-ethyl adjacent to an activating group) is 1. The molecule has 0 unspecified atom stereocenters. The summed E-state index contributed by atoms with van der Waals surface area (Å²) in [6, 6.07) is 15.6. The number of nitrogens with zero attached hydrogens (tertiary/aromatic N) is 5. The van der Waals surface area contributed by atoms with Crippen molar-refractivity contribution < 1.29 is 9.59 Å². The number of benzene rings is 2. The Balaban J connectivity index is 1.45. The van der Waals surface area contributed by atoms with Crippen LogP contribution in [0, 0.1) is 37.5 Å². The number of terminal acetylenes is 1. The number of hydrogen-bond acceptors (Lipinski definition) is 8. The second-order valence-corrected chi connectivity index (χ2v) is 11.5. The molecule has 11 heteroatoms. The lowest BCUT2D eigenvalue weighted by Crippen LogP contribution is -2.50. The second kappa shape index (κ2) is 14.6. The van der Waals surface area contributed by atoms with Crippen molar-refractivity contribution in [3.05, 3.63) is 73.1 Å². The summed E-state index contributed by atoms with van der Waals surface area (Å²) in [5, 5.41) is 15.2. The SMILES string of the molecule is C#CCNC(=O)/C(C#N)=c1\s/c(=C/Nc2cccc(N(C)C(=O)CN3CCN(c4c(C)cccc4C)CC3)c2)c(=O)n1CC.